The quantitative estimate of drug-likeness (QED) is 0.519. The number of hydrogen-bond donors (Lipinski definition) is 2. The van der Waals surface area contributed by atoms with E-state index in [4.69, 9.17) is 5.73 Å². The highest BCUT2D eigenvalue weighted by atomic mass is 32.2. The Morgan fingerprint density at radius 2 is 2.00 bits per heavy atom. The fourth-order valence-corrected chi connectivity index (χ4v) is 3.81. The Hall–Kier alpha value is -3.06. The molecule has 0 aliphatic heterocycles. The molecule has 2 aromatic heterocycles. The van der Waals surface area contributed by atoms with Gasteiger partial charge in [-0.3, -0.25) is 9.36 Å². The number of nitrogens with two attached hydrogens (primary N) is 1. The van der Waals surface area contributed by atoms with E-state index in [1.807, 2.05) is 54.1 Å². The van der Waals surface area contributed by atoms with Gasteiger partial charge in [-0.1, -0.05) is 42.1 Å². The molecule has 136 valence electrons. The number of carbonyl (C=O) groups is 1. The van der Waals surface area contributed by atoms with Crippen molar-refractivity contribution in [2.45, 2.75) is 24.3 Å². The number of aryl methyl sites for hydroxylation is 1. The van der Waals surface area contributed by atoms with Gasteiger partial charge < -0.3 is 10.7 Å². The largest absolute Gasteiger partial charge is 0.369 e. The van der Waals surface area contributed by atoms with E-state index in [9.17, 15) is 4.79 Å². The number of nitrogens with one attached hydrogen (secondary N) is 1. The van der Waals surface area contributed by atoms with E-state index in [1.165, 1.54) is 11.8 Å². The van der Waals surface area contributed by atoms with Crippen molar-refractivity contribution in [2.24, 2.45) is 5.73 Å². The lowest BCUT2D eigenvalue weighted by Crippen LogP contribution is -2.23. The third kappa shape index (κ3) is 3.21. The van der Waals surface area contributed by atoms with Gasteiger partial charge in [0.25, 0.3) is 0 Å². The minimum absolute atomic E-state index is 0.382. The topological polar surface area (TPSA) is 89.6 Å². The highest BCUT2D eigenvalue weighted by molar-refractivity contribution is 8.00. The Bertz CT molecular complexity index is 1130. The van der Waals surface area contributed by atoms with E-state index >= 15 is 0 Å². The van der Waals surface area contributed by atoms with E-state index in [0.717, 1.165) is 33.5 Å². The second-order valence-corrected chi connectivity index (χ2v) is 7.70. The summed E-state index contributed by atoms with van der Waals surface area (Å²) in [4.78, 5) is 14.8. The van der Waals surface area contributed by atoms with Crippen LogP contribution in [0, 0.1) is 6.92 Å². The summed E-state index contributed by atoms with van der Waals surface area (Å²) in [6.07, 6.45) is 1.94. The van der Waals surface area contributed by atoms with Crippen LogP contribution in [0.5, 0.6) is 0 Å². The Morgan fingerprint density at radius 3 is 2.78 bits per heavy atom. The van der Waals surface area contributed by atoms with Gasteiger partial charge >= 0.3 is 0 Å². The van der Waals surface area contributed by atoms with Gasteiger partial charge in [0.2, 0.25) is 5.91 Å². The fourth-order valence-electron chi connectivity index (χ4n) is 2.99. The molecule has 27 heavy (non-hydrogen) atoms. The molecule has 2 aromatic carbocycles. The van der Waals surface area contributed by atoms with Gasteiger partial charge in [-0.15, -0.1) is 10.2 Å². The van der Waals surface area contributed by atoms with Crippen LogP contribution in [0.1, 0.15) is 12.5 Å². The molecule has 4 rings (SSSR count). The van der Waals surface area contributed by atoms with Crippen LogP contribution in [0.3, 0.4) is 0 Å². The SMILES string of the molecule is Cc1cccc(-n2c(SC(C)C(N)=O)nnc2-c2c[nH]c3ccccc23)c1. The summed E-state index contributed by atoms with van der Waals surface area (Å²) in [7, 11) is 0. The molecule has 2 heterocycles. The van der Waals surface area contributed by atoms with Crippen LogP contribution >= 0.6 is 11.8 Å². The van der Waals surface area contributed by atoms with Gasteiger partial charge in [0, 0.05) is 28.4 Å². The third-order valence-corrected chi connectivity index (χ3v) is 5.47. The minimum Gasteiger partial charge on any atom is -0.369 e. The molecule has 0 aliphatic carbocycles. The van der Waals surface area contributed by atoms with Crippen molar-refractivity contribution in [3.05, 3.63) is 60.3 Å². The predicted octanol–water partition coefficient (Wildman–Crippen LogP) is 3.69. The van der Waals surface area contributed by atoms with E-state index in [2.05, 4.69) is 27.3 Å². The zero-order valence-electron chi connectivity index (χ0n) is 15.0. The first kappa shape index (κ1) is 17.4. The average Bonchev–Trinajstić information content (AvgIpc) is 3.25. The molecule has 1 unspecified atom stereocenters. The van der Waals surface area contributed by atoms with Crippen molar-refractivity contribution in [2.75, 3.05) is 0 Å². The number of carbonyl (C=O) groups excluding carboxylic acids is 1. The molecule has 0 radical (unpaired) electrons. The molecule has 0 saturated heterocycles. The molecule has 0 fully saturated rings. The maximum Gasteiger partial charge on any atom is 0.230 e. The lowest BCUT2D eigenvalue weighted by molar-refractivity contribution is -0.117. The maximum absolute atomic E-state index is 11.6. The third-order valence-electron chi connectivity index (χ3n) is 4.41. The zero-order chi connectivity index (χ0) is 19.0. The number of amides is 1. The van der Waals surface area contributed by atoms with Crippen LogP contribution in [0.15, 0.2) is 59.9 Å². The summed E-state index contributed by atoms with van der Waals surface area (Å²) in [5.41, 5.74) is 9.51. The Balaban J connectivity index is 1.92. The highest BCUT2D eigenvalue weighted by Crippen LogP contribution is 2.33. The van der Waals surface area contributed by atoms with E-state index in [0.29, 0.717) is 5.16 Å². The lowest BCUT2D eigenvalue weighted by Gasteiger charge is -2.12. The number of benzene rings is 2. The van der Waals surface area contributed by atoms with Gasteiger partial charge in [0.15, 0.2) is 11.0 Å². The predicted molar refractivity (Wildman–Crippen MR) is 108 cm³/mol. The number of thioether (sulfide) groups is 1. The molecule has 1 atom stereocenters. The van der Waals surface area contributed by atoms with Crippen LogP contribution in [0.2, 0.25) is 0 Å². The van der Waals surface area contributed by atoms with E-state index < -0.39 is 5.25 Å². The molecule has 7 heteroatoms. The van der Waals surface area contributed by atoms with Crippen molar-refractivity contribution in [3.8, 4) is 17.1 Å². The number of hydrogen-bond acceptors (Lipinski definition) is 4. The number of H-pyrrole nitrogens is 1. The van der Waals surface area contributed by atoms with E-state index in [-0.39, 0.29) is 5.91 Å². The molecular weight excluding hydrogens is 358 g/mol. The zero-order valence-corrected chi connectivity index (χ0v) is 15.8. The van der Waals surface area contributed by atoms with Crippen molar-refractivity contribution in [1.29, 1.82) is 0 Å². The first-order valence-corrected chi connectivity index (χ1v) is 9.47. The molecule has 6 nitrogen and oxygen atoms in total. The first-order valence-electron chi connectivity index (χ1n) is 8.59. The monoisotopic (exact) mass is 377 g/mol. The smallest absolute Gasteiger partial charge is 0.230 e. The standard InChI is InChI=1S/C20H19N5OS/c1-12-6-5-7-14(10-12)25-19(23-24-20(25)27-13(2)18(21)26)16-11-22-17-9-4-3-8-15(16)17/h3-11,13,22H,1-2H3,(H2,21,26). The number of primary amides is 1. The van der Waals surface area contributed by atoms with Gasteiger partial charge in [0.1, 0.15) is 0 Å². The second-order valence-electron chi connectivity index (χ2n) is 6.39. The molecule has 3 N–H and O–H groups in total. The molecule has 0 aliphatic rings. The van der Waals surface area contributed by atoms with Crippen molar-refractivity contribution < 1.29 is 4.79 Å². The number of aromatic nitrogens is 4. The molecule has 4 aromatic rings. The molecule has 0 spiro atoms. The summed E-state index contributed by atoms with van der Waals surface area (Å²) in [5, 5.41) is 10.1. The van der Waals surface area contributed by atoms with Crippen LogP contribution in [-0.2, 0) is 4.79 Å². The normalized spacial score (nSPS) is 12.4. The summed E-state index contributed by atoms with van der Waals surface area (Å²) in [6.45, 7) is 3.81. The number of nitrogens with zero attached hydrogens (tertiary/aromatic N) is 3. The minimum atomic E-state index is -0.409. The molecule has 0 bridgehead atoms. The molecular formula is C20H19N5OS. The van der Waals surface area contributed by atoms with Crippen molar-refractivity contribution in [3.63, 3.8) is 0 Å². The molecule has 1 amide bonds. The summed E-state index contributed by atoms with van der Waals surface area (Å²) >= 11 is 1.31. The van der Waals surface area contributed by atoms with Gasteiger partial charge in [-0.2, -0.15) is 0 Å². The second kappa shape index (κ2) is 6.92. The van der Waals surface area contributed by atoms with Gasteiger partial charge in [-0.25, -0.2) is 0 Å². The molecule has 0 saturated carbocycles. The lowest BCUT2D eigenvalue weighted by atomic mass is 10.1. The van der Waals surface area contributed by atoms with E-state index in [1.54, 1.807) is 6.92 Å². The summed E-state index contributed by atoms with van der Waals surface area (Å²) < 4.78 is 1.98. The average molecular weight is 377 g/mol. The van der Waals surface area contributed by atoms with Crippen LogP contribution in [0.4, 0.5) is 0 Å². The first-order chi connectivity index (χ1) is 13.0. The number of fused-ring (bicyclic) bond motifs is 1. The highest BCUT2D eigenvalue weighted by Gasteiger charge is 2.22. The Kier molecular flexibility index (Phi) is 4.45. The Labute approximate surface area is 160 Å². The number of aromatic amines is 1. The van der Waals surface area contributed by atoms with Crippen molar-refractivity contribution >= 4 is 28.6 Å². The summed E-state index contributed by atoms with van der Waals surface area (Å²) in [5.74, 6) is 0.338. The number of rotatable bonds is 5. The van der Waals surface area contributed by atoms with Crippen LogP contribution in [-0.4, -0.2) is 30.9 Å². The fraction of sp³-hybridized carbons (Fsp3) is 0.150. The van der Waals surface area contributed by atoms with Gasteiger partial charge in [-0.05, 0) is 37.6 Å². The summed E-state index contributed by atoms with van der Waals surface area (Å²) in [6, 6.07) is 16.2. The van der Waals surface area contributed by atoms with Gasteiger partial charge in [0.05, 0.1) is 5.25 Å². The van der Waals surface area contributed by atoms with Crippen LogP contribution < -0.4 is 5.73 Å². The maximum atomic E-state index is 11.6. The van der Waals surface area contributed by atoms with Crippen LogP contribution in [0.25, 0.3) is 28.0 Å². The van der Waals surface area contributed by atoms with Crippen molar-refractivity contribution in [1.82, 2.24) is 19.7 Å². The number of para-hydroxylation sites is 1. The Morgan fingerprint density at radius 1 is 1.19 bits per heavy atom.